The van der Waals surface area contributed by atoms with E-state index < -0.39 is 0 Å². The number of aromatic nitrogens is 2. The van der Waals surface area contributed by atoms with Gasteiger partial charge in [0.05, 0.1) is 11.7 Å². The third-order valence-corrected chi connectivity index (χ3v) is 6.77. The molecule has 0 saturated carbocycles. The standard InChI is InChI=1S/C26H23FN4O2/c1-16-5-7-19(21-4-2-3-10-28-21)20(12-16)25(32)30-11-9-17-14-31(23(17)15-30)26-29-22-13-18(27)6-8-24(22)33-26/h2-8,10,12-13,17,23H,9,11,14-15H2,1H3/t17-,23-/m0/s1. The predicted molar refractivity (Wildman–Crippen MR) is 124 cm³/mol. The number of amides is 1. The monoisotopic (exact) mass is 442 g/mol. The number of rotatable bonds is 3. The van der Waals surface area contributed by atoms with Crippen LogP contribution in [0.1, 0.15) is 22.3 Å². The van der Waals surface area contributed by atoms with Crippen molar-refractivity contribution in [2.75, 3.05) is 24.5 Å². The number of nitrogens with zero attached hydrogens (tertiary/aromatic N) is 4. The van der Waals surface area contributed by atoms with Crippen LogP contribution in [0.3, 0.4) is 0 Å². The summed E-state index contributed by atoms with van der Waals surface area (Å²) in [7, 11) is 0. The van der Waals surface area contributed by atoms with Crippen molar-refractivity contribution in [3.05, 3.63) is 77.7 Å². The van der Waals surface area contributed by atoms with E-state index in [0.29, 0.717) is 35.1 Å². The topological polar surface area (TPSA) is 62.5 Å². The van der Waals surface area contributed by atoms with Gasteiger partial charge < -0.3 is 14.2 Å². The lowest BCUT2D eigenvalue weighted by Gasteiger charge is -2.52. The van der Waals surface area contributed by atoms with Gasteiger partial charge in [0.25, 0.3) is 11.9 Å². The number of anilines is 1. The number of hydrogen-bond acceptors (Lipinski definition) is 5. The molecule has 2 aliphatic heterocycles. The summed E-state index contributed by atoms with van der Waals surface area (Å²) < 4.78 is 19.4. The fourth-order valence-electron chi connectivity index (χ4n) is 4.96. The molecule has 2 fully saturated rings. The van der Waals surface area contributed by atoms with Gasteiger partial charge in [-0.25, -0.2) is 4.39 Å². The Balaban J connectivity index is 1.26. The quantitative estimate of drug-likeness (QED) is 0.461. The summed E-state index contributed by atoms with van der Waals surface area (Å²) >= 11 is 0. The normalized spacial score (nSPS) is 19.9. The molecule has 4 aromatic rings. The van der Waals surface area contributed by atoms with Crippen molar-refractivity contribution in [3.63, 3.8) is 0 Å². The van der Waals surface area contributed by atoms with Crippen LogP contribution in [0.15, 0.2) is 65.2 Å². The summed E-state index contributed by atoms with van der Waals surface area (Å²) in [6, 6.07) is 16.7. The van der Waals surface area contributed by atoms with Crippen molar-refractivity contribution in [1.29, 1.82) is 0 Å². The molecule has 7 heteroatoms. The largest absolute Gasteiger partial charge is 0.423 e. The van der Waals surface area contributed by atoms with Crippen LogP contribution in [0.5, 0.6) is 0 Å². The van der Waals surface area contributed by atoms with Crippen LogP contribution in [-0.4, -0.2) is 46.5 Å². The molecule has 0 spiro atoms. The number of fused-ring (bicyclic) bond motifs is 2. The molecule has 0 N–H and O–H groups in total. The average Bonchev–Trinajstić information content (AvgIpc) is 3.22. The first kappa shape index (κ1) is 19.9. The highest BCUT2D eigenvalue weighted by Gasteiger charge is 2.45. The number of carbonyl (C=O) groups is 1. The van der Waals surface area contributed by atoms with Gasteiger partial charge in [-0.3, -0.25) is 9.78 Å². The van der Waals surface area contributed by atoms with Crippen molar-refractivity contribution < 1.29 is 13.6 Å². The lowest BCUT2D eigenvalue weighted by Crippen LogP contribution is -2.65. The Kier molecular flexibility index (Phi) is 4.64. The molecule has 0 aliphatic carbocycles. The van der Waals surface area contributed by atoms with Crippen LogP contribution in [0.2, 0.25) is 0 Å². The first-order valence-corrected chi connectivity index (χ1v) is 11.2. The number of oxazole rings is 1. The summed E-state index contributed by atoms with van der Waals surface area (Å²) in [5, 5.41) is 0. The lowest BCUT2D eigenvalue weighted by atomic mass is 9.82. The van der Waals surface area contributed by atoms with Gasteiger partial charge in [-0.15, -0.1) is 0 Å². The average molecular weight is 442 g/mol. The van der Waals surface area contributed by atoms with E-state index in [1.54, 1.807) is 12.3 Å². The minimum absolute atomic E-state index is 0.0179. The van der Waals surface area contributed by atoms with Gasteiger partial charge in [0.2, 0.25) is 0 Å². The second kappa shape index (κ2) is 7.69. The van der Waals surface area contributed by atoms with Gasteiger partial charge in [-0.1, -0.05) is 23.8 Å². The Labute approximate surface area is 190 Å². The molecule has 2 aliphatic rings. The maximum absolute atomic E-state index is 13.6. The van der Waals surface area contributed by atoms with Crippen LogP contribution in [0.4, 0.5) is 10.4 Å². The van der Waals surface area contributed by atoms with E-state index in [-0.39, 0.29) is 17.8 Å². The van der Waals surface area contributed by atoms with Gasteiger partial charge in [0.15, 0.2) is 5.58 Å². The number of benzene rings is 2. The molecule has 0 bridgehead atoms. The molecule has 0 radical (unpaired) electrons. The molecule has 2 aromatic heterocycles. The maximum atomic E-state index is 13.6. The van der Waals surface area contributed by atoms with E-state index in [1.807, 2.05) is 48.2 Å². The van der Waals surface area contributed by atoms with Crippen LogP contribution < -0.4 is 4.90 Å². The highest BCUT2D eigenvalue weighted by atomic mass is 19.1. The summed E-state index contributed by atoms with van der Waals surface area (Å²) in [6.45, 7) is 4.16. The highest BCUT2D eigenvalue weighted by Crippen LogP contribution is 2.38. The minimum Gasteiger partial charge on any atom is -0.423 e. The summed E-state index contributed by atoms with van der Waals surface area (Å²) in [5.41, 5.74) is 4.43. The third kappa shape index (κ3) is 3.44. The first-order chi connectivity index (χ1) is 16.1. The summed E-state index contributed by atoms with van der Waals surface area (Å²) in [5.74, 6) is 0.179. The molecule has 2 atom stereocenters. The molecule has 2 aromatic carbocycles. The molecule has 33 heavy (non-hydrogen) atoms. The van der Waals surface area contributed by atoms with E-state index in [2.05, 4.69) is 14.9 Å². The van der Waals surface area contributed by atoms with Gasteiger partial charge in [0.1, 0.15) is 11.3 Å². The first-order valence-electron chi connectivity index (χ1n) is 11.2. The number of hydrogen-bond donors (Lipinski definition) is 0. The number of halogens is 1. The molecule has 0 unspecified atom stereocenters. The Bertz CT molecular complexity index is 1350. The zero-order chi connectivity index (χ0) is 22.5. The summed E-state index contributed by atoms with van der Waals surface area (Å²) in [4.78, 5) is 26.6. The molecule has 2 saturated heterocycles. The number of carbonyl (C=O) groups excluding carboxylic acids is 1. The molecule has 1 amide bonds. The van der Waals surface area contributed by atoms with Gasteiger partial charge in [-0.05, 0) is 43.7 Å². The number of piperidine rings is 1. The van der Waals surface area contributed by atoms with Crippen LogP contribution in [-0.2, 0) is 0 Å². The Hall–Kier alpha value is -3.74. The van der Waals surface area contributed by atoms with Gasteiger partial charge in [0, 0.05) is 48.9 Å². The second-order valence-corrected chi connectivity index (χ2v) is 8.89. The Morgan fingerprint density at radius 2 is 2.03 bits per heavy atom. The van der Waals surface area contributed by atoms with Crippen molar-refractivity contribution in [2.24, 2.45) is 5.92 Å². The van der Waals surface area contributed by atoms with E-state index in [1.165, 1.54) is 12.1 Å². The van der Waals surface area contributed by atoms with Crippen molar-refractivity contribution in [1.82, 2.24) is 14.9 Å². The smallest absolute Gasteiger partial charge is 0.298 e. The highest BCUT2D eigenvalue weighted by molar-refractivity contribution is 6.00. The fourth-order valence-corrected chi connectivity index (χ4v) is 4.96. The molecular formula is C26H23FN4O2. The van der Waals surface area contributed by atoms with Gasteiger partial charge in [-0.2, -0.15) is 4.98 Å². The summed E-state index contributed by atoms with van der Waals surface area (Å²) in [6.07, 6.45) is 2.68. The van der Waals surface area contributed by atoms with Crippen LogP contribution in [0.25, 0.3) is 22.4 Å². The fraction of sp³-hybridized carbons (Fsp3) is 0.269. The van der Waals surface area contributed by atoms with Crippen LogP contribution >= 0.6 is 0 Å². The van der Waals surface area contributed by atoms with E-state index >= 15 is 0 Å². The Morgan fingerprint density at radius 1 is 1.12 bits per heavy atom. The van der Waals surface area contributed by atoms with Crippen molar-refractivity contribution in [2.45, 2.75) is 19.4 Å². The number of aryl methyl sites for hydroxylation is 1. The Morgan fingerprint density at radius 3 is 2.88 bits per heavy atom. The SMILES string of the molecule is Cc1ccc(-c2ccccn2)c(C(=O)N2CC[C@H]3CN(c4nc5cc(F)ccc5o4)[C@H]3C2)c1. The molecule has 166 valence electrons. The molecule has 6 rings (SSSR count). The van der Waals surface area contributed by atoms with Crippen molar-refractivity contribution >= 4 is 23.0 Å². The number of pyridine rings is 1. The van der Waals surface area contributed by atoms with E-state index in [0.717, 1.165) is 36.3 Å². The third-order valence-electron chi connectivity index (χ3n) is 6.77. The van der Waals surface area contributed by atoms with Gasteiger partial charge >= 0.3 is 0 Å². The predicted octanol–water partition coefficient (Wildman–Crippen LogP) is 4.69. The zero-order valence-corrected chi connectivity index (χ0v) is 18.2. The van der Waals surface area contributed by atoms with Crippen molar-refractivity contribution in [3.8, 4) is 11.3 Å². The zero-order valence-electron chi connectivity index (χ0n) is 18.2. The second-order valence-electron chi connectivity index (χ2n) is 8.89. The maximum Gasteiger partial charge on any atom is 0.298 e. The van der Waals surface area contributed by atoms with Crippen LogP contribution in [0, 0.1) is 18.7 Å². The molecule has 4 heterocycles. The van der Waals surface area contributed by atoms with E-state index in [9.17, 15) is 9.18 Å². The molecular weight excluding hydrogens is 419 g/mol. The molecule has 6 nitrogen and oxygen atoms in total. The lowest BCUT2D eigenvalue weighted by molar-refractivity contribution is 0.0584. The number of likely N-dealkylation sites (tertiary alicyclic amines) is 1. The minimum atomic E-state index is -0.333. The van der Waals surface area contributed by atoms with E-state index in [4.69, 9.17) is 4.42 Å².